The monoisotopic (exact) mass is 185 g/mol. The van der Waals surface area contributed by atoms with Gasteiger partial charge in [-0.1, -0.05) is 27.7 Å². The van der Waals surface area contributed by atoms with Crippen molar-refractivity contribution in [2.45, 2.75) is 40.5 Å². The van der Waals surface area contributed by atoms with E-state index in [1.807, 2.05) is 13.8 Å². The Morgan fingerprint density at radius 3 is 1.92 bits per heavy atom. The Balaban J connectivity index is 0. The standard InChI is InChI=1S/C8H17N3.C2H6/c1-4-6(5-2)7(9)8(10)11-3;1-2/h6,9H,4-5H2,1-3H3,(H2,10,11);1-2H3. The number of nitrogens with two attached hydrogens (primary N) is 1. The van der Waals surface area contributed by atoms with E-state index < -0.39 is 0 Å². The highest BCUT2D eigenvalue weighted by Gasteiger charge is 2.12. The second kappa shape index (κ2) is 9.23. The minimum Gasteiger partial charge on any atom is -0.383 e. The molecule has 0 aliphatic heterocycles. The van der Waals surface area contributed by atoms with Crippen LogP contribution in [0.3, 0.4) is 0 Å². The van der Waals surface area contributed by atoms with Crippen molar-refractivity contribution >= 4 is 11.5 Å². The molecule has 0 unspecified atom stereocenters. The summed E-state index contributed by atoms with van der Waals surface area (Å²) in [6, 6.07) is 0. The summed E-state index contributed by atoms with van der Waals surface area (Å²) < 4.78 is 0. The van der Waals surface area contributed by atoms with Crippen molar-refractivity contribution in [3.05, 3.63) is 0 Å². The zero-order valence-electron chi connectivity index (χ0n) is 9.52. The van der Waals surface area contributed by atoms with Crippen molar-refractivity contribution < 1.29 is 0 Å². The van der Waals surface area contributed by atoms with Gasteiger partial charge >= 0.3 is 0 Å². The Morgan fingerprint density at radius 1 is 1.31 bits per heavy atom. The summed E-state index contributed by atoms with van der Waals surface area (Å²) in [4.78, 5) is 3.78. The summed E-state index contributed by atoms with van der Waals surface area (Å²) in [6.07, 6.45) is 1.93. The van der Waals surface area contributed by atoms with E-state index in [1.54, 1.807) is 7.05 Å². The van der Waals surface area contributed by atoms with Crippen LogP contribution in [0, 0.1) is 11.3 Å². The van der Waals surface area contributed by atoms with E-state index in [2.05, 4.69) is 18.8 Å². The molecule has 3 nitrogen and oxygen atoms in total. The van der Waals surface area contributed by atoms with Crippen molar-refractivity contribution in [3.63, 3.8) is 0 Å². The van der Waals surface area contributed by atoms with E-state index in [0.717, 1.165) is 12.8 Å². The summed E-state index contributed by atoms with van der Waals surface area (Å²) >= 11 is 0. The lowest BCUT2D eigenvalue weighted by Gasteiger charge is -2.12. The predicted molar refractivity (Wildman–Crippen MR) is 60.7 cm³/mol. The van der Waals surface area contributed by atoms with Crippen LogP contribution in [0.1, 0.15) is 40.5 Å². The molecule has 0 fully saturated rings. The second-order valence-electron chi connectivity index (χ2n) is 2.54. The fourth-order valence-corrected chi connectivity index (χ4v) is 1.03. The molecule has 0 saturated carbocycles. The van der Waals surface area contributed by atoms with Gasteiger partial charge in [0, 0.05) is 13.0 Å². The topological polar surface area (TPSA) is 62.2 Å². The SMILES string of the molecule is CC.CCC(CC)C(=N)C(N)=NC. The highest BCUT2D eigenvalue weighted by molar-refractivity contribution is 6.40. The molecule has 0 saturated heterocycles. The Kier molecular flexibility index (Phi) is 10.4. The van der Waals surface area contributed by atoms with E-state index in [-0.39, 0.29) is 5.92 Å². The van der Waals surface area contributed by atoms with E-state index in [1.165, 1.54) is 0 Å². The Labute approximate surface area is 82.0 Å². The molecule has 0 bridgehead atoms. The third kappa shape index (κ3) is 5.39. The maximum absolute atomic E-state index is 7.60. The molecule has 0 heterocycles. The van der Waals surface area contributed by atoms with Gasteiger partial charge in [-0.3, -0.25) is 4.99 Å². The van der Waals surface area contributed by atoms with Gasteiger partial charge in [-0.15, -0.1) is 0 Å². The number of hydrogen-bond acceptors (Lipinski definition) is 2. The largest absolute Gasteiger partial charge is 0.383 e. The molecule has 3 N–H and O–H groups in total. The van der Waals surface area contributed by atoms with Crippen LogP contribution in [0.5, 0.6) is 0 Å². The van der Waals surface area contributed by atoms with Crippen molar-refractivity contribution in [2.75, 3.05) is 7.05 Å². The highest BCUT2D eigenvalue weighted by Crippen LogP contribution is 2.08. The first kappa shape index (κ1) is 14.7. The summed E-state index contributed by atoms with van der Waals surface area (Å²) in [5, 5.41) is 7.60. The maximum Gasteiger partial charge on any atom is 0.139 e. The minimum absolute atomic E-state index is 0.277. The van der Waals surface area contributed by atoms with E-state index in [4.69, 9.17) is 11.1 Å². The fraction of sp³-hybridized carbons (Fsp3) is 0.800. The Bertz CT molecular complexity index is 158. The predicted octanol–water partition coefficient (Wildman–Crippen LogP) is 2.46. The van der Waals surface area contributed by atoms with E-state index in [9.17, 15) is 0 Å². The van der Waals surface area contributed by atoms with E-state index >= 15 is 0 Å². The third-order valence-electron chi connectivity index (χ3n) is 1.91. The summed E-state index contributed by atoms with van der Waals surface area (Å²) in [6.45, 7) is 8.12. The quantitative estimate of drug-likeness (QED) is 0.513. The number of hydrogen-bond donors (Lipinski definition) is 2. The molecule has 0 radical (unpaired) electrons. The van der Waals surface area contributed by atoms with Gasteiger partial charge in [0.2, 0.25) is 0 Å². The van der Waals surface area contributed by atoms with Crippen molar-refractivity contribution in [1.82, 2.24) is 0 Å². The smallest absolute Gasteiger partial charge is 0.139 e. The summed E-state index contributed by atoms with van der Waals surface area (Å²) in [7, 11) is 1.62. The minimum atomic E-state index is 0.277. The first-order valence-corrected chi connectivity index (χ1v) is 4.98. The van der Waals surface area contributed by atoms with E-state index in [0.29, 0.717) is 11.5 Å². The first-order valence-electron chi connectivity index (χ1n) is 4.98. The molecule has 0 aromatic rings. The summed E-state index contributed by atoms with van der Waals surface area (Å²) in [5.41, 5.74) is 5.98. The number of aliphatic imine (C=N–C) groups is 1. The molecule has 0 spiro atoms. The average molecular weight is 185 g/mol. The molecular formula is C10H23N3. The lowest BCUT2D eigenvalue weighted by Crippen LogP contribution is -2.29. The highest BCUT2D eigenvalue weighted by atomic mass is 14.8. The van der Waals surface area contributed by atoms with Crippen LogP contribution in [-0.4, -0.2) is 18.6 Å². The van der Waals surface area contributed by atoms with Gasteiger partial charge in [0.25, 0.3) is 0 Å². The molecule has 3 heteroatoms. The molecule has 0 amide bonds. The fourth-order valence-electron chi connectivity index (χ4n) is 1.03. The van der Waals surface area contributed by atoms with Crippen LogP contribution >= 0.6 is 0 Å². The molecule has 0 atom stereocenters. The van der Waals surface area contributed by atoms with Crippen molar-refractivity contribution in [3.8, 4) is 0 Å². The number of nitrogens with zero attached hydrogens (tertiary/aromatic N) is 1. The molecule has 0 aliphatic carbocycles. The second-order valence-corrected chi connectivity index (χ2v) is 2.54. The normalized spacial score (nSPS) is 10.8. The zero-order chi connectivity index (χ0) is 10.9. The number of amidine groups is 1. The third-order valence-corrected chi connectivity index (χ3v) is 1.91. The first-order chi connectivity index (χ1) is 6.17. The van der Waals surface area contributed by atoms with Crippen LogP contribution in [0.15, 0.2) is 4.99 Å². The lowest BCUT2D eigenvalue weighted by molar-refractivity contribution is 0.644. The maximum atomic E-state index is 7.60. The van der Waals surface area contributed by atoms with Crippen LogP contribution in [0.2, 0.25) is 0 Å². The van der Waals surface area contributed by atoms with Gasteiger partial charge in [-0.05, 0) is 12.8 Å². The van der Waals surface area contributed by atoms with Gasteiger partial charge in [-0.25, -0.2) is 0 Å². The van der Waals surface area contributed by atoms with Gasteiger partial charge in [0.15, 0.2) is 0 Å². The summed E-state index contributed by atoms with van der Waals surface area (Å²) in [5.74, 6) is 0.650. The van der Waals surface area contributed by atoms with Crippen molar-refractivity contribution in [2.24, 2.45) is 16.6 Å². The molecule has 0 rings (SSSR count). The van der Waals surface area contributed by atoms with Gasteiger partial charge in [0.1, 0.15) is 5.84 Å². The van der Waals surface area contributed by atoms with Gasteiger partial charge < -0.3 is 11.1 Å². The zero-order valence-corrected chi connectivity index (χ0v) is 9.52. The molecular weight excluding hydrogens is 162 g/mol. The number of rotatable bonds is 4. The van der Waals surface area contributed by atoms with Gasteiger partial charge in [0.05, 0.1) is 5.71 Å². The molecule has 78 valence electrons. The van der Waals surface area contributed by atoms with Gasteiger partial charge in [-0.2, -0.15) is 0 Å². The van der Waals surface area contributed by atoms with Crippen molar-refractivity contribution in [1.29, 1.82) is 5.41 Å². The van der Waals surface area contributed by atoms with Crippen LogP contribution in [-0.2, 0) is 0 Å². The van der Waals surface area contributed by atoms with Crippen LogP contribution < -0.4 is 5.73 Å². The Morgan fingerprint density at radius 2 is 1.69 bits per heavy atom. The molecule has 13 heavy (non-hydrogen) atoms. The van der Waals surface area contributed by atoms with Crippen LogP contribution in [0.25, 0.3) is 0 Å². The molecule has 0 aromatic heterocycles. The average Bonchev–Trinajstić information content (AvgIpc) is 2.21. The molecule has 0 aromatic carbocycles. The number of nitrogens with one attached hydrogen (secondary N) is 1. The van der Waals surface area contributed by atoms with Crippen LogP contribution in [0.4, 0.5) is 0 Å². The lowest BCUT2D eigenvalue weighted by atomic mass is 9.97. The Hall–Kier alpha value is -0.860. The molecule has 0 aliphatic rings.